The molecule has 0 amide bonds. The summed E-state index contributed by atoms with van der Waals surface area (Å²) < 4.78 is 1.21. The fourth-order valence-corrected chi connectivity index (χ4v) is 3.51. The van der Waals surface area contributed by atoms with Crippen molar-refractivity contribution in [2.45, 2.75) is 39.2 Å². The topological polar surface area (TPSA) is 12.0 Å². The summed E-state index contributed by atoms with van der Waals surface area (Å²) >= 11 is 5.32. The standard InChI is InChI=1S/C17H22BrNS/c1-3-9-19-16(15-11-17(18)20-12-15)10-14-7-5-13(4-2)6-8-14/h5-8,11-12,16,19H,3-4,9-10H2,1-2H3. The summed E-state index contributed by atoms with van der Waals surface area (Å²) in [6, 6.07) is 11.7. The van der Waals surface area contributed by atoms with Crippen molar-refractivity contribution in [1.29, 1.82) is 0 Å². The quantitative estimate of drug-likeness (QED) is 0.708. The number of hydrogen-bond acceptors (Lipinski definition) is 2. The average Bonchev–Trinajstić information content (AvgIpc) is 2.90. The molecule has 108 valence electrons. The van der Waals surface area contributed by atoms with E-state index >= 15 is 0 Å². The molecule has 1 N–H and O–H groups in total. The normalized spacial score (nSPS) is 12.6. The number of nitrogens with one attached hydrogen (secondary N) is 1. The molecule has 0 bridgehead atoms. The molecule has 2 rings (SSSR count). The molecule has 1 aromatic heterocycles. The maximum absolute atomic E-state index is 3.66. The molecule has 1 nitrogen and oxygen atoms in total. The lowest BCUT2D eigenvalue weighted by atomic mass is 9.99. The summed E-state index contributed by atoms with van der Waals surface area (Å²) in [6.07, 6.45) is 3.32. The van der Waals surface area contributed by atoms with Gasteiger partial charge in [-0.25, -0.2) is 0 Å². The van der Waals surface area contributed by atoms with Crippen LogP contribution in [-0.2, 0) is 12.8 Å². The van der Waals surface area contributed by atoms with Crippen LogP contribution >= 0.6 is 27.3 Å². The van der Waals surface area contributed by atoms with E-state index in [1.165, 1.54) is 20.5 Å². The highest BCUT2D eigenvalue weighted by Crippen LogP contribution is 2.27. The zero-order valence-electron chi connectivity index (χ0n) is 12.2. The Kier molecular flexibility index (Phi) is 6.27. The lowest BCUT2D eigenvalue weighted by molar-refractivity contribution is 0.530. The van der Waals surface area contributed by atoms with Gasteiger partial charge in [-0.05, 0) is 69.9 Å². The third kappa shape index (κ3) is 4.44. The number of thiophene rings is 1. The first-order valence-corrected chi connectivity index (χ1v) is 8.95. The van der Waals surface area contributed by atoms with Crippen molar-refractivity contribution in [3.05, 3.63) is 56.2 Å². The molecule has 0 saturated heterocycles. The first-order chi connectivity index (χ1) is 9.72. The van der Waals surface area contributed by atoms with Crippen molar-refractivity contribution in [2.24, 2.45) is 0 Å². The molecule has 1 aromatic carbocycles. The minimum absolute atomic E-state index is 0.407. The van der Waals surface area contributed by atoms with E-state index < -0.39 is 0 Å². The fraction of sp³-hybridized carbons (Fsp3) is 0.412. The Morgan fingerprint density at radius 3 is 2.40 bits per heavy atom. The highest BCUT2D eigenvalue weighted by Gasteiger charge is 2.13. The van der Waals surface area contributed by atoms with Crippen molar-refractivity contribution in [2.75, 3.05) is 6.54 Å². The van der Waals surface area contributed by atoms with E-state index in [9.17, 15) is 0 Å². The van der Waals surface area contributed by atoms with Crippen LogP contribution < -0.4 is 5.32 Å². The Morgan fingerprint density at radius 1 is 1.15 bits per heavy atom. The van der Waals surface area contributed by atoms with Gasteiger partial charge in [0.15, 0.2) is 0 Å². The van der Waals surface area contributed by atoms with Gasteiger partial charge in [0.05, 0.1) is 3.79 Å². The number of halogens is 1. The molecular weight excluding hydrogens is 330 g/mol. The van der Waals surface area contributed by atoms with Crippen LogP contribution in [0.3, 0.4) is 0 Å². The van der Waals surface area contributed by atoms with Crippen LogP contribution in [0.15, 0.2) is 39.5 Å². The lowest BCUT2D eigenvalue weighted by Gasteiger charge is -2.18. The van der Waals surface area contributed by atoms with Crippen LogP contribution in [0, 0.1) is 0 Å². The molecule has 0 aliphatic rings. The predicted molar refractivity (Wildman–Crippen MR) is 92.6 cm³/mol. The molecule has 3 heteroatoms. The third-order valence-electron chi connectivity index (χ3n) is 3.50. The van der Waals surface area contributed by atoms with E-state index in [1.807, 2.05) is 0 Å². The van der Waals surface area contributed by atoms with Gasteiger partial charge in [-0.2, -0.15) is 0 Å². The summed E-state index contributed by atoms with van der Waals surface area (Å²) in [5, 5.41) is 5.91. The Bertz CT molecular complexity index is 518. The number of rotatable bonds is 7. The number of aryl methyl sites for hydroxylation is 1. The van der Waals surface area contributed by atoms with Crippen LogP contribution in [0.4, 0.5) is 0 Å². The summed E-state index contributed by atoms with van der Waals surface area (Å²) in [6.45, 7) is 5.47. The molecule has 0 spiro atoms. The minimum Gasteiger partial charge on any atom is -0.310 e. The Hall–Kier alpha value is -0.640. The SMILES string of the molecule is CCCNC(Cc1ccc(CC)cc1)c1csc(Br)c1. The molecule has 0 aliphatic carbocycles. The van der Waals surface area contributed by atoms with E-state index in [-0.39, 0.29) is 0 Å². The number of benzene rings is 1. The zero-order chi connectivity index (χ0) is 14.4. The molecule has 20 heavy (non-hydrogen) atoms. The van der Waals surface area contributed by atoms with Gasteiger partial charge in [-0.3, -0.25) is 0 Å². The molecule has 2 aromatic rings. The highest BCUT2D eigenvalue weighted by atomic mass is 79.9. The molecule has 0 radical (unpaired) electrons. The van der Waals surface area contributed by atoms with Gasteiger partial charge in [0, 0.05) is 6.04 Å². The van der Waals surface area contributed by atoms with Crippen molar-refractivity contribution < 1.29 is 0 Å². The second-order valence-corrected chi connectivity index (χ2v) is 7.36. The van der Waals surface area contributed by atoms with Crippen molar-refractivity contribution in [1.82, 2.24) is 5.32 Å². The van der Waals surface area contributed by atoms with E-state index in [2.05, 4.69) is 70.8 Å². The lowest BCUT2D eigenvalue weighted by Crippen LogP contribution is -2.23. The predicted octanol–water partition coefficient (Wildman–Crippen LogP) is 5.36. The van der Waals surface area contributed by atoms with E-state index in [0.29, 0.717) is 6.04 Å². The Labute approximate surface area is 134 Å². The monoisotopic (exact) mass is 351 g/mol. The first kappa shape index (κ1) is 15.7. The number of hydrogen-bond donors (Lipinski definition) is 1. The van der Waals surface area contributed by atoms with Gasteiger partial charge >= 0.3 is 0 Å². The summed E-state index contributed by atoms with van der Waals surface area (Å²) in [5.41, 5.74) is 4.19. The average molecular weight is 352 g/mol. The summed E-state index contributed by atoms with van der Waals surface area (Å²) in [5.74, 6) is 0. The molecular formula is C17H22BrNS. The second kappa shape index (κ2) is 7.96. The molecule has 0 saturated carbocycles. The van der Waals surface area contributed by atoms with Crippen LogP contribution in [-0.4, -0.2) is 6.54 Å². The van der Waals surface area contributed by atoms with Crippen molar-refractivity contribution in [3.8, 4) is 0 Å². The molecule has 1 heterocycles. The molecule has 1 atom stereocenters. The Balaban J connectivity index is 2.10. The zero-order valence-corrected chi connectivity index (χ0v) is 14.6. The van der Waals surface area contributed by atoms with E-state index in [4.69, 9.17) is 0 Å². The highest BCUT2D eigenvalue weighted by molar-refractivity contribution is 9.11. The van der Waals surface area contributed by atoms with Crippen LogP contribution in [0.2, 0.25) is 0 Å². The van der Waals surface area contributed by atoms with Gasteiger partial charge in [-0.1, -0.05) is 38.1 Å². The maximum Gasteiger partial charge on any atom is 0.0701 e. The Morgan fingerprint density at radius 2 is 1.85 bits per heavy atom. The van der Waals surface area contributed by atoms with E-state index in [1.54, 1.807) is 11.3 Å². The smallest absolute Gasteiger partial charge is 0.0701 e. The maximum atomic E-state index is 3.66. The van der Waals surface area contributed by atoms with Gasteiger partial charge in [0.25, 0.3) is 0 Å². The van der Waals surface area contributed by atoms with Crippen molar-refractivity contribution in [3.63, 3.8) is 0 Å². The van der Waals surface area contributed by atoms with Gasteiger partial charge < -0.3 is 5.32 Å². The van der Waals surface area contributed by atoms with Crippen LogP contribution in [0.5, 0.6) is 0 Å². The van der Waals surface area contributed by atoms with Crippen molar-refractivity contribution >= 4 is 27.3 Å². The van der Waals surface area contributed by atoms with Crippen LogP contribution in [0.1, 0.15) is 43.0 Å². The van der Waals surface area contributed by atoms with Gasteiger partial charge in [-0.15, -0.1) is 11.3 Å². The first-order valence-electron chi connectivity index (χ1n) is 7.28. The summed E-state index contributed by atoms with van der Waals surface area (Å²) in [7, 11) is 0. The van der Waals surface area contributed by atoms with E-state index in [0.717, 1.165) is 25.8 Å². The largest absolute Gasteiger partial charge is 0.310 e. The summed E-state index contributed by atoms with van der Waals surface area (Å²) in [4.78, 5) is 0. The molecule has 0 aliphatic heterocycles. The van der Waals surface area contributed by atoms with Gasteiger partial charge in [0.2, 0.25) is 0 Å². The fourth-order valence-electron chi connectivity index (χ4n) is 2.28. The molecule has 0 fully saturated rings. The minimum atomic E-state index is 0.407. The molecule has 1 unspecified atom stereocenters. The van der Waals surface area contributed by atoms with Gasteiger partial charge in [0.1, 0.15) is 0 Å². The van der Waals surface area contributed by atoms with Crippen LogP contribution in [0.25, 0.3) is 0 Å². The third-order valence-corrected chi connectivity index (χ3v) is 5.02. The second-order valence-electron chi connectivity index (χ2n) is 5.07.